The van der Waals surface area contributed by atoms with Crippen molar-refractivity contribution in [3.63, 3.8) is 0 Å². The predicted octanol–water partition coefficient (Wildman–Crippen LogP) is 0.748. The highest BCUT2D eigenvalue weighted by molar-refractivity contribution is 5.83. The quantitative estimate of drug-likeness (QED) is 0.762. The molecule has 2 atom stereocenters. The lowest BCUT2D eigenvalue weighted by Crippen LogP contribution is -2.48. The van der Waals surface area contributed by atoms with E-state index in [2.05, 4.69) is 0 Å². The number of carboxylic acid groups (broad SMARTS) is 1. The van der Waals surface area contributed by atoms with Gasteiger partial charge in [0.1, 0.15) is 6.04 Å². The maximum absolute atomic E-state index is 12.3. The molecule has 1 fully saturated rings. The van der Waals surface area contributed by atoms with Gasteiger partial charge in [-0.3, -0.25) is 0 Å². The van der Waals surface area contributed by atoms with Crippen LogP contribution in [0.3, 0.4) is 0 Å². The highest BCUT2D eigenvalue weighted by Gasteiger charge is 2.40. The van der Waals surface area contributed by atoms with Crippen molar-refractivity contribution >= 4 is 12.0 Å². The minimum atomic E-state index is -1.05. The van der Waals surface area contributed by atoms with Crippen LogP contribution in [-0.4, -0.2) is 63.8 Å². The summed E-state index contributed by atoms with van der Waals surface area (Å²) in [4.78, 5) is 26.3. The van der Waals surface area contributed by atoms with E-state index in [1.165, 1.54) is 4.90 Å². The predicted molar refractivity (Wildman–Crippen MR) is 66.3 cm³/mol. The Morgan fingerprint density at radius 2 is 1.83 bits per heavy atom. The monoisotopic (exact) mass is 258 g/mol. The number of carbonyl (C=O) groups excluding carboxylic acids is 1. The number of nitrogens with zero attached hydrogens (tertiary/aromatic N) is 2. The molecule has 1 rings (SSSR count). The Kier molecular flexibility index (Phi) is 5.40. The molecule has 0 aromatic carbocycles. The van der Waals surface area contributed by atoms with Crippen LogP contribution in [0.5, 0.6) is 0 Å². The molecule has 0 saturated carbocycles. The van der Waals surface area contributed by atoms with Gasteiger partial charge in [-0.1, -0.05) is 13.8 Å². The second-order valence-corrected chi connectivity index (χ2v) is 4.67. The number of likely N-dealkylation sites (tertiary alicyclic amines) is 1. The number of carbonyl (C=O) groups is 2. The molecule has 6 heteroatoms. The fraction of sp³-hybridized carbons (Fsp3) is 0.833. The average molecular weight is 258 g/mol. The summed E-state index contributed by atoms with van der Waals surface area (Å²) in [5, 5.41) is 18.6. The topological polar surface area (TPSA) is 81.1 Å². The second kappa shape index (κ2) is 6.58. The van der Waals surface area contributed by atoms with Crippen molar-refractivity contribution in [1.29, 1.82) is 0 Å². The Hall–Kier alpha value is -1.30. The smallest absolute Gasteiger partial charge is 0.326 e. The molecule has 0 aliphatic carbocycles. The Bertz CT molecular complexity index is 302. The van der Waals surface area contributed by atoms with Gasteiger partial charge in [0.2, 0.25) is 0 Å². The van der Waals surface area contributed by atoms with E-state index in [1.807, 2.05) is 13.8 Å². The highest BCUT2D eigenvalue weighted by atomic mass is 16.4. The summed E-state index contributed by atoms with van der Waals surface area (Å²) >= 11 is 0. The molecule has 104 valence electrons. The third-order valence-corrected chi connectivity index (χ3v) is 3.07. The molecule has 0 bridgehead atoms. The zero-order chi connectivity index (χ0) is 13.7. The number of β-amino-alcohol motifs (C(OH)–C–C–N with tert-alkyl or cyclic N) is 1. The van der Waals surface area contributed by atoms with Crippen molar-refractivity contribution in [2.24, 2.45) is 0 Å². The summed E-state index contributed by atoms with van der Waals surface area (Å²) in [5.41, 5.74) is 0. The number of hydrogen-bond acceptors (Lipinski definition) is 3. The first-order valence-corrected chi connectivity index (χ1v) is 6.47. The van der Waals surface area contributed by atoms with Gasteiger partial charge >= 0.3 is 12.0 Å². The zero-order valence-corrected chi connectivity index (χ0v) is 11.0. The Morgan fingerprint density at radius 3 is 2.28 bits per heavy atom. The first-order chi connectivity index (χ1) is 8.51. The van der Waals surface area contributed by atoms with Crippen LogP contribution >= 0.6 is 0 Å². The molecule has 0 aromatic rings. The van der Waals surface area contributed by atoms with Gasteiger partial charge in [-0.05, 0) is 12.8 Å². The van der Waals surface area contributed by atoms with Crippen molar-refractivity contribution in [3.8, 4) is 0 Å². The number of aliphatic carboxylic acids is 1. The van der Waals surface area contributed by atoms with Gasteiger partial charge in [-0.2, -0.15) is 0 Å². The molecule has 6 nitrogen and oxygen atoms in total. The van der Waals surface area contributed by atoms with Gasteiger partial charge in [0.05, 0.1) is 6.10 Å². The van der Waals surface area contributed by atoms with Crippen LogP contribution < -0.4 is 0 Å². The van der Waals surface area contributed by atoms with E-state index in [-0.39, 0.29) is 19.0 Å². The molecule has 1 heterocycles. The lowest BCUT2D eigenvalue weighted by atomic mass is 10.2. The minimum Gasteiger partial charge on any atom is -0.480 e. The summed E-state index contributed by atoms with van der Waals surface area (Å²) in [6, 6.07) is -1.17. The maximum Gasteiger partial charge on any atom is 0.326 e. The summed E-state index contributed by atoms with van der Waals surface area (Å²) < 4.78 is 0. The minimum absolute atomic E-state index is 0.111. The van der Waals surface area contributed by atoms with Crippen molar-refractivity contribution in [2.45, 2.75) is 45.3 Å². The Morgan fingerprint density at radius 1 is 1.28 bits per heavy atom. The van der Waals surface area contributed by atoms with Crippen LogP contribution in [0.15, 0.2) is 0 Å². The summed E-state index contributed by atoms with van der Waals surface area (Å²) in [5.74, 6) is -1.05. The largest absolute Gasteiger partial charge is 0.480 e. The molecule has 2 N–H and O–H groups in total. The van der Waals surface area contributed by atoms with Crippen molar-refractivity contribution in [1.82, 2.24) is 9.80 Å². The normalized spacial score (nSPS) is 23.2. The van der Waals surface area contributed by atoms with E-state index in [0.717, 1.165) is 12.8 Å². The number of aliphatic hydroxyl groups is 1. The molecular weight excluding hydrogens is 236 g/mol. The van der Waals surface area contributed by atoms with Crippen LogP contribution in [0, 0.1) is 0 Å². The molecule has 1 saturated heterocycles. The lowest BCUT2D eigenvalue weighted by Gasteiger charge is -2.29. The van der Waals surface area contributed by atoms with Gasteiger partial charge in [-0.25, -0.2) is 9.59 Å². The van der Waals surface area contributed by atoms with Gasteiger partial charge in [0.15, 0.2) is 0 Å². The van der Waals surface area contributed by atoms with Crippen LogP contribution in [0.25, 0.3) is 0 Å². The molecule has 0 aromatic heterocycles. The van der Waals surface area contributed by atoms with Gasteiger partial charge in [-0.15, -0.1) is 0 Å². The van der Waals surface area contributed by atoms with Gasteiger partial charge in [0.25, 0.3) is 0 Å². The standard InChI is InChI=1S/C12H22N2O4/c1-3-5-13(6-4-2)12(18)14-8-9(15)7-10(14)11(16)17/h9-10,15H,3-8H2,1-2H3,(H,16,17)/t9?,10-/m0/s1. The molecular formula is C12H22N2O4. The van der Waals surface area contributed by atoms with E-state index < -0.39 is 18.1 Å². The number of aliphatic hydroxyl groups excluding tert-OH is 1. The van der Waals surface area contributed by atoms with Crippen molar-refractivity contribution in [3.05, 3.63) is 0 Å². The third-order valence-electron chi connectivity index (χ3n) is 3.07. The van der Waals surface area contributed by atoms with Crippen molar-refractivity contribution in [2.75, 3.05) is 19.6 Å². The first-order valence-electron chi connectivity index (χ1n) is 6.47. The molecule has 18 heavy (non-hydrogen) atoms. The molecule has 0 spiro atoms. The van der Waals surface area contributed by atoms with E-state index >= 15 is 0 Å². The third kappa shape index (κ3) is 3.35. The molecule has 1 aliphatic heterocycles. The first kappa shape index (κ1) is 14.8. The summed E-state index contributed by atoms with van der Waals surface area (Å²) in [6.07, 6.45) is 1.05. The van der Waals surface area contributed by atoms with Gasteiger partial charge in [0, 0.05) is 26.1 Å². The number of amides is 2. The number of carboxylic acids is 1. The van der Waals surface area contributed by atoms with Crippen molar-refractivity contribution < 1.29 is 19.8 Å². The molecule has 0 radical (unpaired) electrons. The average Bonchev–Trinajstić information content (AvgIpc) is 2.70. The van der Waals surface area contributed by atoms with Gasteiger partial charge < -0.3 is 20.0 Å². The number of hydrogen-bond donors (Lipinski definition) is 2. The highest BCUT2D eigenvalue weighted by Crippen LogP contribution is 2.20. The molecule has 1 unspecified atom stereocenters. The molecule has 2 amide bonds. The maximum atomic E-state index is 12.3. The fourth-order valence-corrected chi connectivity index (χ4v) is 2.28. The Labute approximate surface area is 107 Å². The lowest BCUT2D eigenvalue weighted by molar-refractivity contribution is -0.141. The summed E-state index contributed by atoms with van der Waals surface area (Å²) in [7, 11) is 0. The Balaban J connectivity index is 2.76. The number of urea groups is 1. The zero-order valence-electron chi connectivity index (χ0n) is 11.0. The number of rotatable bonds is 5. The van der Waals surface area contributed by atoms with Crippen LogP contribution in [0.1, 0.15) is 33.1 Å². The van der Waals surface area contributed by atoms with Crippen LogP contribution in [0.2, 0.25) is 0 Å². The molecule has 1 aliphatic rings. The van der Waals surface area contributed by atoms with E-state index in [4.69, 9.17) is 5.11 Å². The van der Waals surface area contributed by atoms with E-state index in [9.17, 15) is 14.7 Å². The second-order valence-electron chi connectivity index (χ2n) is 4.67. The van der Waals surface area contributed by atoms with Crippen LogP contribution in [0.4, 0.5) is 4.79 Å². The summed E-state index contributed by atoms with van der Waals surface area (Å²) in [6.45, 7) is 5.30. The van der Waals surface area contributed by atoms with E-state index in [0.29, 0.717) is 13.1 Å². The fourth-order valence-electron chi connectivity index (χ4n) is 2.28. The van der Waals surface area contributed by atoms with Crippen LogP contribution in [-0.2, 0) is 4.79 Å². The SMILES string of the molecule is CCCN(CCC)C(=O)N1CC(O)C[C@H]1C(=O)O. The van der Waals surface area contributed by atoms with E-state index in [1.54, 1.807) is 4.90 Å².